The first kappa shape index (κ1) is 30.1. The lowest BCUT2D eigenvalue weighted by Gasteiger charge is -2.33. The van der Waals surface area contributed by atoms with Gasteiger partial charge in [-0.25, -0.2) is 9.97 Å². The Morgan fingerprint density at radius 2 is 1.93 bits per heavy atom. The molecule has 0 spiro atoms. The minimum absolute atomic E-state index is 0.0234. The van der Waals surface area contributed by atoms with Gasteiger partial charge < -0.3 is 30.5 Å². The minimum atomic E-state index is -0.0727. The van der Waals surface area contributed by atoms with Crippen LogP contribution in [0, 0.1) is 5.92 Å². The summed E-state index contributed by atoms with van der Waals surface area (Å²) in [5.41, 5.74) is 2.16. The van der Waals surface area contributed by atoms with Crippen LogP contribution in [0.3, 0.4) is 0 Å². The SMILES string of the molecule is CN(C)CCCNC(=O)C1=Cc2c(ncnc2Nc2ccc(OC3CCN(C(=O)C4CCCC4)CC3)c(Cl)c2)NCC1. The van der Waals surface area contributed by atoms with Gasteiger partial charge in [-0.3, -0.25) is 9.59 Å². The summed E-state index contributed by atoms with van der Waals surface area (Å²) < 4.78 is 6.26. The Bertz CT molecular complexity index is 1290. The van der Waals surface area contributed by atoms with Crippen LogP contribution in [0.2, 0.25) is 5.02 Å². The van der Waals surface area contributed by atoms with Crippen LogP contribution in [0.1, 0.15) is 56.9 Å². The van der Waals surface area contributed by atoms with Crippen molar-refractivity contribution >= 4 is 46.8 Å². The van der Waals surface area contributed by atoms with E-state index in [1.54, 1.807) is 0 Å². The summed E-state index contributed by atoms with van der Waals surface area (Å²) >= 11 is 6.65. The number of carbonyl (C=O) groups excluding carboxylic acids is 2. The maximum Gasteiger partial charge on any atom is 0.247 e. The number of nitrogens with zero attached hydrogens (tertiary/aromatic N) is 4. The molecule has 42 heavy (non-hydrogen) atoms. The van der Waals surface area contributed by atoms with Crippen LogP contribution in [0.5, 0.6) is 5.75 Å². The number of fused-ring (bicyclic) bond motifs is 1. The number of aromatic nitrogens is 2. The maximum atomic E-state index is 12.9. The quantitative estimate of drug-likeness (QED) is 0.339. The zero-order chi connectivity index (χ0) is 29.5. The number of ether oxygens (including phenoxy) is 1. The van der Waals surface area contributed by atoms with Gasteiger partial charge in [-0.05, 0) is 70.6 Å². The van der Waals surface area contributed by atoms with E-state index >= 15 is 0 Å². The Kier molecular flexibility index (Phi) is 10.2. The lowest BCUT2D eigenvalue weighted by Crippen LogP contribution is -2.44. The van der Waals surface area contributed by atoms with Gasteiger partial charge in [0, 0.05) is 56.2 Å². The fraction of sp³-hybridized carbons (Fsp3) is 0.548. The summed E-state index contributed by atoms with van der Waals surface area (Å²) in [4.78, 5) is 38.6. The number of hydrogen-bond donors (Lipinski definition) is 3. The average Bonchev–Trinajstić information content (AvgIpc) is 3.43. The standard InChI is InChI=1S/C31H42ClN7O3/c1-38(2)15-5-13-34-30(40)22-10-14-33-28-25(18-22)29(36-20-35-28)37-23-8-9-27(26(32)19-23)42-24-11-16-39(17-12-24)31(41)21-6-3-4-7-21/h8-9,18-21,24H,3-7,10-17H2,1-2H3,(H,34,40)(H2,33,35,36,37). The van der Waals surface area contributed by atoms with Crippen molar-refractivity contribution in [3.63, 3.8) is 0 Å². The summed E-state index contributed by atoms with van der Waals surface area (Å²) in [5.74, 6) is 2.34. The lowest BCUT2D eigenvalue weighted by molar-refractivity contribution is -0.137. The molecule has 2 fully saturated rings. The van der Waals surface area contributed by atoms with Crippen LogP contribution in [-0.2, 0) is 9.59 Å². The second kappa shape index (κ2) is 14.2. The van der Waals surface area contributed by atoms with Crippen molar-refractivity contribution in [2.45, 2.75) is 57.5 Å². The fourth-order valence-electron chi connectivity index (χ4n) is 5.84. The zero-order valence-corrected chi connectivity index (χ0v) is 25.4. The van der Waals surface area contributed by atoms with Crippen LogP contribution in [-0.4, -0.2) is 84.5 Å². The van der Waals surface area contributed by atoms with Crippen molar-refractivity contribution in [1.29, 1.82) is 0 Å². The molecule has 1 aromatic heterocycles. The zero-order valence-electron chi connectivity index (χ0n) is 24.6. The highest BCUT2D eigenvalue weighted by atomic mass is 35.5. The van der Waals surface area contributed by atoms with Gasteiger partial charge in [-0.2, -0.15) is 0 Å². The second-order valence-corrected chi connectivity index (χ2v) is 12.0. The Morgan fingerprint density at radius 1 is 1.14 bits per heavy atom. The first-order valence-electron chi connectivity index (χ1n) is 15.1. The van der Waals surface area contributed by atoms with Gasteiger partial charge in [0.1, 0.15) is 29.8 Å². The number of amides is 2. The van der Waals surface area contributed by atoms with E-state index < -0.39 is 0 Å². The minimum Gasteiger partial charge on any atom is -0.489 e. The number of nitrogens with one attached hydrogen (secondary N) is 3. The third-order valence-corrected chi connectivity index (χ3v) is 8.49. The van der Waals surface area contributed by atoms with Gasteiger partial charge in [0.2, 0.25) is 11.8 Å². The van der Waals surface area contributed by atoms with Crippen LogP contribution in [0.4, 0.5) is 17.3 Å². The molecule has 1 aliphatic carbocycles. The van der Waals surface area contributed by atoms with Crippen molar-refractivity contribution in [2.24, 2.45) is 5.92 Å². The summed E-state index contributed by atoms with van der Waals surface area (Å²) in [6.07, 6.45) is 10.9. The molecule has 3 heterocycles. The first-order chi connectivity index (χ1) is 20.4. The van der Waals surface area contributed by atoms with Gasteiger partial charge in [-0.15, -0.1) is 0 Å². The molecule has 10 nitrogen and oxygen atoms in total. The molecule has 5 rings (SSSR count). The number of rotatable bonds is 10. The number of hydrogen-bond acceptors (Lipinski definition) is 8. The highest BCUT2D eigenvalue weighted by Gasteiger charge is 2.30. The molecule has 226 valence electrons. The van der Waals surface area contributed by atoms with Gasteiger partial charge in [0.05, 0.1) is 10.6 Å². The van der Waals surface area contributed by atoms with Crippen molar-refractivity contribution in [2.75, 3.05) is 57.5 Å². The van der Waals surface area contributed by atoms with Crippen molar-refractivity contribution in [1.82, 2.24) is 25.1 Å². The fourth-order valence-corrected chi connectivity index (χ4v) is 6.07. The Labute approximate surface area is 253 Å². The largest absolute Gasteiger partial charge is 0.489 e. The Morgan fingerprint density at radius 3 is 2.67 bits per heavy atom. The summed E-state index contributed by atoms with van der Waals surface area (Å²) in [6, 6.07) is 5.58. The van der Waals surface area contributed by atoms with Crippen LogP contribution in [0.25, 0.3) is 6.08 Å². The number of carbonyl (C=O) groups is 2. The monoisotopic (exact) mass is 595 g/mol. The number of piperidine rings is 1. The van der Waals surface area contributed by atoms with Gasteiger partial charge in [0.25, 0.3) is 0 Å². The van der Waals surface area contributed by atoms with Gasteiger partial charge in [0.15, 0.2) is 0 Å². The molecule has 2 aliphatic heterocycles. The lowest BCUT2D eigenvalue weighted by atomic mass is 10.0. The van der Waals surface area contributed by atoms with E-state index in [9.17, 15) is 9.59 Å². The van der Waals surface area contributed by atoms with E-state index in [2.05, 4.69) is 30.8 Å². The number of anilines is 3. The predicted octanol–water partition coefficient (Wildman–Crippen LogP) is 4.70. The summed E-state index contributed by atoms with van der Waals surface area (Å²) in [7, 11) is 4.04. The van der Waals surface area contributed by atoms with E-state index in [0.717, 1.165) is 63.0 Å². The Hall–Kier alpha value is -3.37. The average molecular weight is 596 g/mol. The number of likely N-dealkylation sites (tertiary alicyclic amines) is 1. The van der Waals surface area contributed by atoms with E-state index in [0.29, 0.717) is 53.4 Å². The smallest absolute Gasteiger partial charge is 0.247 e. The first-order valence-corrected chi connectivity index (χ1v) is 15.5. The number of benzene rings is 1. The third kappa shape index (κ3) is 7.72. The van der Waals surface area contributed by atoms with Crippen molar-refractivity contribution in [3.05, 3.63) is 40.7 Å². The van der Waals surface area contributed by atoms with Gasteiger partial charge in [-0.1, -0.05) is 24.4 Å². The van der Waals surface area contributed by atoms with Crippen LogP contribution >= 0.6 is 11.6 Å². The molecule has 0 unspecified atom stereocenters. The highest BCUT2D eigenvalue weighted by Crippen LogP contribution is 2.34. The van der Waals surface area contributed by atoms with Crippen molar-refractivity contribution < 1.29 is 14.3 Å². The molecule has 2 amide bonds. The van der Waals surface area contributed by atoms with Gasteiger partial charge >= 0.3 is 0 Å². The summed E-state index contributed by atoms with van der Waals surface area (Å²) in [5, 5.41) is 10.2. The molecule has 0 atom stereocenters. The molecule has 3 N–H and O–H groups in total. The summed E-state index contributed by atoms with van der Waals surface area (Å²) in [6.45, 7) is 3.60. The van der Waals surface area contributed by atoms with E-state index in [1.165, 1.54) is 19.2 Å². The molecular formula is C31H42ClN7O3. The normalized spacial score (nSPS) is 17.7. The second-order valence-electron chi connectivity index (χ2n) is 11.6. The molecular weight excluding hydrogens is 554 g/mol. The highest BCUT2D eigenvalue weighted by molar-refractivity contribution is 6.32. The molecule has 1 saturated heterocycles. The molecule has 11 heteroatoms. The van der Waals surface area contributed by atoms with E-state index in [1.807, 2.05) is 43.3 Å². The van der Waals surface area contributed by atoms with E-state index in [-0.39, 0.29) is 17.9 Å². The van der Waals surface area contributed by atoms with Crippen LogP contribution in [0.15, 0.2) is 30.1 Å². The topological polar surface area (TPSA) is 112 Å². The third-order valence-electron chi connectivity index (χ3n) is 8.19. The molecule has 0 radical (unpaired) electrons. The Balaban J connectivity index is 1.20. The number of halogens is 1. The molecule has 1 aromatic carbocycles. The molecule has 1 saturated carbocycles. The molecule has 2 aromatic rings. The molecule has 3 aliphatic rings. The predicted molar refractivity (Wildman–Crippen MR) is 166 cm³/mol. The maximum absolute atomic E-state index is 12.9. The van der Waals surface area contributed by atoms with Crippen molar-refractivity contribution in [3.8, 4) is 5.75 Å². The molecule has 0 bridgehead atoms. The van der Waals surface area contributed by atoms with E-state index in [4.69, 9.17) is 16.3 Å². The van der Waals surface area contributed by atoms with Crippen LogP contribution < -0.4 is 20.7 Å².